The minimum atomic E-state index is -5.77. The number of nitrogens with zero attached hydrogens (tertiary/aromatic N) is 1. The van der Waals surface area contributed by atoms with Crippen molar-refractivity contribution in [1.82, 2.24) is 4.90 Å². The fourth-order valence-electron chi connectivity index (χ4n) is 11.0. The standard InChI is InChI=1S/C42H49F4NO9S/c1-20(2)47-34-35-28(40(47)48)29(42(50)55-37-30(43)32(45)39(57(51,52)53)33(46)31(37)44)36(54-35)38(34)56-41(49)27-25(22-14-8-4-9-15-22)18-24(21-12-6-3-7-13-21)19-26(27)23-16-10-5-11-17-23/h18-23,28-29,34-36,38H,3-17H2,1-2H3,(H,51,52,53). The Kier molecular flexibility index (Phi) is 11.0. The quantitative estimate of drug-likeness (QED) is 0.0870. The SMILES string of the molecule is CC(C)N1C(=O)C2C3OC(C(OC(=O)c4c(C5CCCCC5)cc(C5CCCCC5)cc4C4CCCCC4)C31)C2C(=O)Oc1c(F)c(F)c(S(=O)(=O)O)c(F)c1F. The van der Waals surface area contributed by atoms with Gasteiger partial charge in [0.2, 0.25) is 23.3 Å². The summed E-state index contributed by atoms with van der Waals surface area (Å²) in [6.45, 7) is 3.50. The summed E-state index contributed by atoms with van der Waals surface area (Å²) in [6.07, 6.45) is 12.3. The lowest BCUT2D eigenvalue weighted by atomic mass is 9.73. The van der Waals surface area contributed by atoms with E-state index >= 15 is 13.6 Å². The van der Waals surface area contributed by atoms with Gasteiger partial charge in [0, 0.05) is 6.04 Å². The van der Waals surface area contributed by atoms with Gasteiger partial charge < -0.3 is 19.1 Å². The molecule has 57 heavy (non-hydrogen) atoms. The molecule has 6 aliphatic rings. The monoisotopic (exact) mass is 819 g/mol. The summed E-state index contributed by atoms with van der Waals surface area (Å²) in [5.74, 6) is -16.5. The van der Waals surface area contributed by atoms with E-state index in [0.717, 1.165) is 101 Å². The molecule has 6 atom stereocenters. The van der Waals surface area contributed by atoms with E-state index in [2.05, 4.69) is 12.1 Å². The lowest BCUT2D eigenvalue weighted by Crippen LogP contribution is -2.52. The van der Waals surface area contributed by atoms with E-state index in [1.807, 2.05) is 0 Å². The zero-order valence-electron chi connectivity index (χ0n) is 32.1. The van der Waals surface area contributed by atoms with Gasteiger partial charge in [-0.25, -0.2) is 13.6 Å². The largest absolute Gasteiger partial charge is 0.454 e. The summed E-state index contributed by atoms with van der Waals surface area (Å²) in [5, 5.41) is 0. The first-order chi connectivity index (χ1) is 27.2. The van der Waals surface area contributed by atoms with Gasteiger partial charge in [-0.2, -0.15) is 17.2 Å². The Morgan fingerprint density at radius 1 is 0.772 bits per heavy atom. The summed E-state index contributed by atoms with van der Waals surface area (Å²) in [4.78, 5) is 42.1. The van der Waals surface area contributed by atoms with Gasteiger partial charge in [-0.1, -0.05) is 69.9 Å². The van der Waals surface area contributed by atoms with Gasteiger partial charge >= 0.3 is 22.1 Å². The molecule has 2 bridgehead atoms. The molecular weight excluding hydrogens is 771 g/mol. The summed E-state index contributed by atoms with van der Waals surface area (Å²) < 4.78 is 109. The molecule has 0 spiro atoms. The number of rotatable bonds is 9. The van der Waals surface area contributed by atoms with Crippen molar-refractivity contribution >= 4 is 28.0 Å². The number of carbonyl (C=O) groups is 3. The van der Waals surface area contributed by atoms with Crippen molar-refractivity contribution in [3.63, 3.8) is 0 Å². The first-order valence-electron chi connectivity index (χ1n) is 20.6. The molecular formula is C42H49F4NO9S. The van der Waals surface area contributed by atoms with E-state index in [1.165, 1.54) is 16.9 Å². The highest BCUT2D eigenvalue weighted by Crippen LogP contribution is 2.54. The number of benzene rings is 2. The van der Waals surface area contributed by atoms with Crippen LogP contribution >= 0.6 is 0 Å². The van der Waals surface area contributed by atoms with Crippen LogP contribution in [0.5, 0.6) is 5.75 Å². The highest BCUT2D eigenvalue weighted by Gasteiger charge is 2.73. The van der Waals surface area contributed by atoms with Crippen molar-refractivity contribution in [2.75, 3.05) is 0 Å². The lowest BCUT2D eigenvalue weighted by molar-refractivity contribution is -0.146. The highest BCUT2D eigenvalue weighted by atomic mass is 32.2. The normalized spacial score (nSPS) is 28.4. The minimum Gasteiger partial charge on any atom is -0.454 e. The molecule has 1 N–H and O–H groups in total. The van der Waals surface area contributed by atoms with E-state index in [0.29, 0.717) is 11.5 Å². The van der Waals surface area contributed by atoms with Crippen molar-refractivity contribution < 1.29 is 59.1 Å². The van der Waals surface area contributed by atoms with Gasteiger partial charge in [0.25, 0.3) is 0 Å². The molecule has 0 aromatic heterocycles. The first kappa shape index (κ1) is 40.2. The Morgan fingerprint density at radius 2 is 1.26 bits per heavy atom. The smallest absolute Gasteiger partial charge is 0.339 e. The van der Waals surface area contributed by atoms with E-state index in [-0.39, 0.29) is 11.8 Å². The number of likely N-dealkylation sites (tertiary alicyclic amines) is 1. The second kappa shape index (κ2) is 15.6. The predicted molar refractivity (Wildman–Crippen MR) is 196 cm³/mol. The first-order valence-corrected chi connectivity index (χ1v) is 22.0. The maximum absolute atomic E-state index is 15.1. The third-order valence-electron chi connectivity index (χ3n) is 13.6. The molecule has 3 heterocycles. The number of halogens is 4. The van der Waals surface area contributed by atoms with Gasteiger partial charge in [-0.3, -0.25) is 14.1 Å². The second-order valence-corrected chi connectivity index (χ2v) is 18.6. The topological polar surface area (TPSA) is 137 Å². The molecule has 10 nitrogen and oxygen atoms in total. The molecule has 8 rings (SSSR count). The molecule has 1 amide bonds. The average Bonchev–Trinajstić information content (AvgIpc) is 3.82. The Hall–Kier alpha value is -3.56. The third kappa shape index (κ3) is 6.96. The van der Waals surface area contributed by atoms with Crippen LogP contribution in [0.15, 0.2) is 17.0 Å². The van der Waals surface area contributed by atoms with Crippen LogP contribution in [0.25, 0.3) is 0 Å². The van der Waals surface area contributed by atoms with Crippen LogP contribution in [-0.2, 0) is 29.2 Å². The van der Waals surface area contributed by atoms with Crippen LogP contribution in [0.3, 0.4) is 0 Å². The van der Waals surface area contributed by atoms with Crippen molar-refractivity contribution in [1.29, 1.82) is 0 Å². The zero-order valence-corrected chi connectivity index (χ0v) is 32.9. The second-order valence-electron chi connectivity index (χ2n) is 17.2. The van der Waals surface area contributed by atoms with Crippen LogP contribution in [0.2, 0.25) is 0 Å². The van der Waals surface area contributed by atoms with Crippen LogP contribution in [0.4, 0.5) is 17.6 Å². The fraction of sp³-hybridized carbons (Fsp3) is 0.643. The number of fused-ring (bicyclic) bond motifs is 1. The number of hydrogen-bond donors (Lipinski definition) is 1. The molecule has 3 aliphatic carbocycles. The number of ether oxygens (including phenoxy) is 3. The van der Waals surface area contributed by atoms with E-state index in [4.69, 9.17) is 14.2 Å². The Morgan fingerprint density at radius 3 is 1.74 bits per heavy atom. The number of carbonyl (C=O) groups excluding carboxylic acids is 3. The van der Waals surface area contributed by atoms with Crippen LogP contribution < -0.4 is 4.74 Å². The lowest BCUT2D eigenvalue weighted by Gasteiger charge is -2.35. The average molecular weight is 820 g/mol. The van der Waals surface area contributed by atoms with Crippen LogP contribution in [-0.4, -0.2) is 66.1 Å². The van der Waals surface area contributed by atoms with Gasteiger partial charge in [0.05, 0.1) is 23.6 Å². The van der Waals surface area contributed by atoms with Crippen molar-refractivity contribution in [3.05, 3.63) is 57.7 Å². The summed E-state index contributed by atoms with van der Waals surface area (Å²) in [6, 6.07) is 3.23. The zero-order chi connectivity index (χ0) is 40.5. The Balaban J connectivity index is 1.17. The van der Waals surface area contributed by atoms with Gasteiger partial charge in [-0.05, 0) is 86.8 Å². The Labute approximate surface area is 329 Å². The van der Waals surface area contributed by atoms with E-state index in [9.17, 15) is 31.3 Å². The molecule has 2 aromatic carbocycles. The van der Waals surface area contributed by atoms with E-state index < -0.39 is 104 Å². The molecule has 6 unspecified atom stereocenters. The van der Waals surface area contributed by atoms with E-state index in [1.54, 1.807) is 13.8 Å². The maximum atomic E-state index is 15.1. The highest BCUT2D eigenvalue weighted by molar-refractivity contribution is 7.85. The number of esters is 2. The number of amides is 1. The minimum absolute atomic E-state index is 0.147. The fourth-order valence-corrected chi connectivity index (χ4v) is 11.6. The molecule has 310 valence electrons. The van der Waals surface area contributed by atoms with Crippen molar-refractivity contribution in [2.45, 2.75) is 163 Å². The van der Waals surface area contributed by atoms with Crippen molar-refractivity contribution in [3.8, 4) is 5.75 Å². The summed E-state index contributed by atoms with van der Waals surface area (Å²) in [5.41, 5.74) is 3.76. The van der Waals surface area contributed by atoms with Crippen LogP contribution in [0, 0.1) is 35.1 Å². The molecule has 3 saturated carbocycles. The molecule has 2 aromatic rings. The molecule has 0 radical (unpaired) electrons. The summed E-state index contributed by atoms with van der Waals surface area (Å²) in [7, 11) is -5.77. The number of hydrogen-bond acceptors (Lipinski definition) is 8. The Bertz CT molecular complexity index is 1990. The summed E-state index contributed by atoms with van der Waals surface area (Å²) >= 11 is 0. The molecule has 6 fully saturated rings. The molecule has 15 heteroatoms. The predicted octanol–water partition coefficient (Wildman–Crippen LogP) is 8.40. The molecule has 3 aliphatic heterocycles. The van der Waals surface area contributed by atoms with Gasteiger partial charge in [0.1, 0.15) is 12.0 Å². The van der Waals surface area contributed by atoms with Crippen molar-refractivity contribution in [2.24, 2.45) is 11.8 Å². The maximum Gasteiger partial charge on any atom is 0.339 e. The third-order valence-corrected chi connectivity index (χ3v) is 14.4. The molecule has 3 saturated heterocycles. The van der Waals surface area contributed by atoms with Gasteiger partial charge in [-0.15, -0.1) is 0 Å². The van der Waals surface area contributed by atoms with Crippen LogP contribution in [0.1, 0.15) is 155 Å². The van der Waals surface area contributed by atoms with Gasteiger partial charge in [0.15, 0.2) is 22.6 Å².